The summed E-state index contributed by atoms with van der Waals surface area (Å²) in [6, 6.07) is 11.3. The zero-order valence-corrected chi connectivity index (χ0v) is 13.2. The van der Waals surface area contributed by atoms with Crippen LogP contribution in [0.5, 0.6) is 0 Å². The first-order chi connectivity index (χ1) is 10.4. The second-order valence-corrected chi connectivity index (χ2v) is 6.97. The van der Waals surface area contributed by atoms with Crippen LogP contribution in [-0.4, -0.2) is 26.2 Å². The summed E-state index contributed by atoms with van der Waals surface area (Å²) in [5, 5.41) is 7.00. The maximum atomic E-state index is 3.50. The molecular weight excluding hydrogens is 256 g/mol. The minimum Gasteiger partial charge on any atom is -0.317 e. The summed E-state index contributed by atoms with van der Waals surface area (Å²) >= 11 is 0. The van der Waals surface area contributed by atoms with Gasteiger partial charge < -0.3 is 10.6 Å². The van der Waals surface area contributed by atoms with Crippen molar-refractivity contribution in [3.05, 3.63) is 35.9 Å². The van der Waals surface area contributed by atoms with Crippen LogP contribution in [0, 0.1) is 11.8 Å². The molecule has 0 radical (unpaired) electrons. The topological polar surface area (TPSA) is 24.1 Å². The highest BCUT2D eigenvalue weighted by Gasteiger charge is 2.24. The van der Waals surface area contributed by atoms with E-state index in [9.17, 15) is 0 Å². The van der Waals surface area contributed by atoms with Gasteiger partial charge in [-0.25, -0.2) is 0 Å². The highest BCUT2D eigenvalue weighted by molar-refractivity contribution is 5.19. The van der Waals surface area contributed by atoms with Gasteiger partial charge in [0, 0.05) is 0 Å². The summed E-state index contributed by atoms with van der Waals surface area (Å²) in [5.41, 5.74) is 1.58. The van der Waals surface area contributed by atoms with Crippen LogP contribution in [0.1, 0.15) is 50.0 Å². The molecule has 116 valence electrons. The van der Waals surface area contributed by atoms with Gasteiger partial charge in [-0.2, -0.15) is 0 Å². The SMILES string of the molecule is c1ccc(C(CC2CCNCC2)CC2CCNCC2)cc1. The van der Waals surface area contributed by atoms with Crippen molar-refractivity contribution in [2.24, 2.45) is 11.8 Å². The third-order valence-corrected chi connectivity index (χ3v) is 5.42. The molecule has 2 aliphatic rings. The fourth-order valence-electron chi connectivity index (χ4n) is 4.13. The Morgan fingerprint density at radius 1 is 0.762 bits per heavy atom. The van der Waals surface area contributed by atoms with E-state index in [0.717, 1.165) is 17.8 Å². The minimum absolute atomic E-state index is 0.775. The van der Waals surface area contributed by atoms with Crippen molar-refractivity contribution in [3.63, 3.8) is 0 Å². The van der Waals surface area contributed by atoms with E-state index in [1.807, 2.05) is 0 Å². The van der Waals surface area contributed by atoms with E-state index in [1.54, 1.807) is 5.56 Å². The van der Waals surface area contributed by atoms with Gasteiger partial charge in [0.15, 0.2) is 0 Å². The second kappa shape index (κ2) is 7.95. The Morgan fingerprint density at radius 2 is 1.24 bits per heavy atom. The van der Waals surface area contributed by atoms with Crippen molar-refractivity contribution in [2.45, 2.75) is 44.4 Å². The lowest BCUT2D eigenvalue weighted by atomic mass is 9.78. The molecule has 2 N–H and O–H groups in total. The molecule has 2 heteroatoms. The Labute approximate surface area is 129 Å². The predicted octanol–water partition coefficient (Wildman–Crippen LogP) is 3.55. The molecule has 2 nitrogen and oxygen atoms in total. The average molecular weight is 286 g/mol. The van der Waals surface area contributed by atoms with Crippen LogP contribution in [0.2, 0.25) is 0 Å². The molecule has 0 aromatic heterocycles. The summed E-state index contributed by atoms with van der Waals surface area (Å²) in [4.78, 5) is 0. The lowest BCUT2D eigenvalue weighted by Crippen LogP contribution is -2.30. The van der Waals surface area contributed by atoms with Crippen LogP contribution in [-0.2, 0) is 0 Å². The Morgan fingerprint density at radius 3 is 1.71 bits per heavy atom. The first-order valence-corrected chi connectivity index (χ1v) is 8.88. The van der Waals surface area contributed by atoms with Crippen LogP contribution in [0.15, 0.2) is 30.3 Å². The summed E-state index contributed by atoms with van der Waals surface area (Å²) in [6.45, 7) is 4.89. The average Bonchev–Trinajstić information content (AvgIpc) is 2.57. The van der Waals surface area contributed by atoms with Gasteiger partial charge in [0.1, 0.15) is 0 Å². The number of piperidine rings is 2. The number of rotatable bonds is 5. The Balaban J connectivity index is 1.64. The summed E-state index contributed by atoms with van der Waals surface area (Å²) < 4.78 is 0. The molecule has 0 saturated carbocycles. The van der Waals surface area contributed by atoms with E-state index in [0.29, 0.717) is 0 Å². The summed E-state index contributed by atoms with van der Waals surface area (Å²) in [6.07, 6.45) is 8.28. The lowest BCUT2D eigenvalue weighted by molar-refractivity contribution is 0.280. The van der Waals surface area contributed by atoms with Crippen LogP contribution >= 0.6 is 0 Å². The van der Waals surface area contributed by atoms with Gasteiger partial charge in [0.25, 0.3) is 0 Å². The highest BCUT2D eigenvalue weighted by atomic mass is 14.9. The van der Waals surface area contributed by atoms with Crippen molar-refractivity contribution in [1.82, 2.24) is 10.6 Å². The first-order valence-electron chi connectivity index (χ1n) is 8.88. The van der Waals surface area contributed by atoms with Gasteiger partial charge in [-0.1, -0.05) is 30.3 Å². The summed E-state index contributed by atoms with van der Waals surface area (Å²) in [7, 11) is 0. The molecule has 2 saturated heterocycles. The molecule has 0 amide bonds. The van der Waals surface area contributed by atoms with E-state index in [2.05, 4.69) is 41.0 Å². The normalized spacial score (nSPS) is 21.8. The highest BCUT2D eigenvalue weighted by Crippen LogP contribution is 2.35. The van der Waals surface area contributed by atoms with Crippen molar-refractivity contribution in [2.75, 3.05) is 26.2 Å². The van der Waals surface area contributed by atoms with Crippen molar-refractivity contribution < 1.29 is 0 Å². The zero-order valence-electron chi connectivity index (χ0n) is 13.2. The fraction of sp³-hybridized carbons (Fsp3) is 0.684. The van der Waals surface area contributed by atoms with Gasteiger partial charge in [-0.3, -0.25) is 0 Å². The third kappa shape index (κ3) is 4.55. The van der Waals surface area contributed by atoms with E-state index in [4.69, 9.17) is 0 Å². The number of nitrogens with one attached hydrogen (secondary N) is 2. The van der Waals surface area contributed by atoms with E-state index >= 15 is 0 Å². The quantitative estimate of drug-likeness (QED) is 0.865. The molecule has 2 fully saturated rings. The second-order valence-electron chi connectivity index (χ2n) is 6.97. The molecule has 0 bridgehead atoms. The molecule has 21 heavy (non-hydrogen) atoms. The van der Waals surface area contributed by atoms with Crippen LogP contribution < -0.4 is 10.6 Å². The van der Waals surface area contributed by atoms with Gasteiger partial charge in [0.05, 0.1) is 0 Å². The van der Waals surface area contributed by atoms with E-state index in [-0.39, 0.29) is 0 Å². The van der Waals surface area contributed by atoms with Crippen LogP contribution in [0.25, 0.3) is 0 Å². The molecule has 0 spiro atoms. The molecule has 1 aromatic rings. The maximum absolute atomic E-state index is 3.50. The van der Waals surface area contributed by atoms with E-state index < -0.39 is 0 Å². The zero-order chi connectivity index (χ0) is 14.3. The van der Waals surface area contributed by atoms with Crippen molar-refractivity contribution in [3.8, 4) is 0 Å². The van der Waals surface area contributed by atoms with Crippen LogP contribution in [0.3, 0.4) is 0 Å². The number of benzene rings is 1. The Hall–Kier alpha value is -0.860. The van der Waals surface area contributed by atoms with Crippen LogP contribution in [0.4, 0.5) is 0 Å². The first kappa shape index (κ1) is 15.1. The standard InChI is InChI=1S/C19H30N2/c1-2-4-18(5-3-1)19(14-16-6-10-20-11-7-16)15-17-8-12-21-13-9-17/h1-5,16-17,19-21H,6-15H2. The number of hydrogen-bond donors (Lipinski definition) is 2. The lowest BCUT2D eigenvalue weighted by Gasteiger charge is -2.31. The smallest absolute Gasteiger partial charge is 0.00463 e. The fourth-order valence-corrected chi connectivity index (χ4v) is 4.13. The van der Waals surface area contributed by atoms with Gasteiger partial charge in [0.2, 0.25) is 0 Å². The van der Waals surface area contributed by atoms with Gasteiger partial charge in [-0.15, -0.1) is 0 Å². The minimum atomic E-state index is 0.775. The molecule has 0 unspecified atom stereocenters. The largest absolute Gasteiger partial charge is 0.317 e. The molecule has 2 heterocycles. The van der Waals surface area contributed by atoms with Gasteiger partial charge in [-0.05, 0) is 88.0 Å². The predicted molar refractivity (Wildman–Crippen MR) is 89.6 cm³/mol. The molecule has 3 rings (SSSR count). The maximum Gasteiger partial charge on any atom is -0.00463 e. The number of hydrogen-bond acceptors (Lipinski definition) is 2. The Kier molecular flexibility index (Phi) is 5.70. The molecular formula is C19H30N2. The molecule has 2 aliphatic heterocycles. The van der Waals surface area contributed by atoms with Crippen molar-refractivity contribution in [1.29, 1.82) is 0 Å². The molecule has 0 aliphatic carbocycles. The molecule has 0 atom stereocenters. The Bertz CT molecular complexity index is 371. The third-order valence-electron chi connectivity index (χ3n) is 5.42. The monoisotopic (exact) mass is 286 g/mol. The molecule has 1 aromatic carbocycles. The van der Waals surface area contributed by atoms with Crippen molar-refractivity contribution >= 4 is 0 Å². The van der Waals surface area contributed by atoms with E-state index in [1.165, 1.54) is 64.7 Å². The summed E-state index contributed by atoms with van der Waals surface area (Å²) in [5.74, 6) is 2.63. The van der Waals surface area contributed by atoms with Gasteiger partial charge >= 0.3 is 0 Å².